The van der Waals surface area contributed by atoms with Gasteiger partial charge in [-0.3, -0.25) is 9.78 Å². The fourth-order valence-corrected chi connectivity index (χ4v) is 1.82. The lowest BCUT2D eigenvalue weighted by Gasteiger charge is -2.03. The summed E-state index contributed by atoms with van der Waals surface area (Å²) in [6.45, 7) is 2.17. The van der Waals surface area contributed by atoms with Crippen LogP contribution in [-0.2, 0) is 6.42 Å². The Balaban J connectivity index is 2.36. The second-order valence-electron chi connectivity index (χ2n) is 4.18. The first-order valence-electron chi connectivity index (χ1n) is 5.90. The van der Waals surface area contributed by atoms with Gasteiger partial charge < -0.3 is 5.73 Å². The van der Waals surface area contributed by atoms with Crippen LogP contribution in [-0.4, -0.2) is 10.9 Å². The van der Waals surface area contributed by atoms with Gasteiger partial charge in [0.05, 0.1) is 5.52 Å². The number of nitrogens with zero attached hydrogens (tertiary/aromatic N) is 1. The number of hydrogen-bond donors (Lipinski definition) is 1. The second-order valence-corrected chi connectivity index (χ2v) is 4.18. The Morgan fingerprint density at radius 2 is 2.12 bits per heavy atom. The molecule has 0 aliphatic heterocycles. The minimum absolute atomic E-state index is 0.401. The van der Waals surface area contributed by atoms with E-state index in [1.54, 1.807) is 12.1 Å². The monoisotopic (exact) mass is 228 g/mol. The molecule has 17 heavy (non-hydrogen) atoms. The molecule has 2 aromatic rings. The van der Waals surface area contributed by atoms with Gasteiger partial charge in [0.2, 0.25) is 5.91 Å². The summed E-state index contributed by atoms with van der Waals surface area (Å²) in [5.41, 5.74) is 7.79. The highest BCUT2D eigenvalue weighted by atomic mass is 16.1. The van der Waals surface area contributed by atoms with E-state index in [1.807, 2.05) is 18.2 Å². The summed E-state index contributed by atoms with van der Waals surface area (Å²) in [5.74, 6) is -0.401. The number of amides is 1. The Labute approximate surface area is 101 Å². The van der Waals surface area contributed by atoms with Crippen LogP contribution in [0.2, 0.25) is 0 Å². The lowest BCUT2D eigenvalue weighted by Crippen LogP contribution is -2.10. The largest absolute Gasteiger partial charge is 0.366 e. The maximum atomic E-state index is 11.1. The van der Waals surface area contributed by atoms with Crippen LogP contribution in [0.15, 0.2) is 30.3 Å². The van der Waals surface area contributed by atoms with Gasteiger partial charge in [-0.15, -0.1) is 0 Å². The van der Waals surface area contributed by atoms with E-state index in [-0.39, 0.29) is 0 Å². The minimum atomic E-state index is -0.401. The number of unbranched alkanes of at least 4 members (excludes halogenated alkanes) is 1. The standard InChI is InChI=1S/C14H16N2O/c1-2-3-4-12-7-5-10-9-11(14(15)17)6-8-13(10)16-12/h5-9H,2-4H2,1H3,(H2,15,17). The van der Waals surface area contributed by atoms with Crippen molar-refractivity contribution in [3.05, 3.63) is 41.6 Å². The zero-order chi connectivity index (χ0) is 12.3. The molecule has 2 rings (SSSR count). The number of benzene rings is 1. The first kappa shape index (κ1) is 11.6. The average molecular weight is 228 g/mol. The second kappa shape index (κ2) is 4.95. The smallest absolute Gasteiger partial charge is 0.248 e. The molecule has 3 nitrogen and oxygen atoms in total. The van der Waals surface area contributed by atoms with Gasteiger partial charge in [-0.05, 0) is 37.1 Å². The van der Waals surface area contributed by atoms with Crippen LogP contribution >= 0.6 is 0 Å². The molecule has 1 heterocycles. The van der Waals surface area contributed by atoms with Crippen LogP contribution in [0.25, 0.3) is 10.9 Å². The summed E-state index contributed by atoms with van der Waals surface area (Å²) in [5, 5.41) is 0.960. The summed E-state index contributed by atoms with van der Waals surface area (Å²) in [4.78, 5) is 15.6. The van der Waals surface area contributed by atoms with Crippen molar-refractivity contribution in [1.29, 1.82) is 0 Å². The van der Waals surface area contributed by atoms with Crippen LogP contribution in [0.4, 0.5) is 0 Å². The molecule has 0 unspecified atom stereocenters. The zero-order valence-electron chi connectivity index (χ0n) is 9.94. The maximum Gasteiger partial charge on any atom is 0.248 e. The molecular formula is C14H16N2O. The van der Waals surface area contributed by atoms with Crippen molar-refractivity contribution >= 4 is 16.8 Å². The highest BCUT2D eigenvalue weighted by Gasteiger charge is 2.03. The first-order valence-corrected chi connectivity index (χ1v) is 5.90. The van der Waals surface area contributed by atoms with E-state index < -0.39 is 5.91 Å². The van der Waals surface area contributed by atoms with Crippen molar-refractivity contribution < 1.29 is 4.79 Å². The number of carbonyl (C=O) groups excluding carboxylic acids is 1. The lowest BCUT2D eigenvalue weighted by atomic mass is 10.1. The molecule has 0 saturated carbocycles. The Morgan fingerprint density at radius 1 is 1.29 bits per heavy atom. The number of primary amides is 1. The number of pyridine rings is 1. The summed E-state index contributed by atoms with van der Waals surface area (Å²) in [6.07, 6.45) is 3.32. The van der Waals surface area contributed by atoms with E-state index in [0.29, 0.717) is 5.56 Å². The summed E-state index contributed by atoms with van der Waals surface area (Å²) < 4.78 is 0. The van der Waals surface area contributed by atoms with Crippen molar-refractivity contribution in [3.63, 3.8) is 0 Å². The molecule has 0 radical (unpaired) electrons. The van der Waals surface area contributed by atoms with Crippen LogP contribution in [0.1, 0.15) is 35.8 Å². The SMILES string of the molecule is CCCCc1ccc2cc(C(N)=O)ccc2n1. The van der Waals surface area contributed by atoms with Gasteiger partial charge in [-0.1, -0.05) is 19.4 Å². The van der Waals surface area contributed by atoms with E-state index in [2.05, 4.69) is 11.9 Å². The van der Waals surface area contributed by atoms with Crippen molar-refractivity contribution in [2.75, 3.05) is 0 Å². The molecule has 2 N–H and O–H groups in total. The van der Waals surface area contributed by atoms with Gasteiger partial charge in [-0.25, -0.2) is 0 Å². The van der Waals surface area contributed by atoms with Crippen molar-refractivity contribution in [2.24, 2.45) is 5.73 Å². The molecule has 0 aliphatic rings. The maximum absolute atomic E-state index is 11.1. The van der Waals surface area contributed by atoms with Gasteiger partial charge in [0.25, 0.3) is 0 Å². The Kier molecular flexibility index (Phi) is 3.38. The highest BCUT2D eigenvalue weighted by molar-refractivity contribution is 5.96. The summed E-state index contributed by atoms with van der Waals surface area (Å²) >= 11 is 0. The fraction of sp³-hybridized carbons (Fsp3) is 0.286. The summed E-state index contributed by atoms with van der Waals surface area (Å²) in [6, 6.07) is 9.38. The van der Waals surface area contributed by atoms with Gasteiger partial charge in [0, 0.05) is 16.6 Å². The molecule has 88 valence electrons. The van der Waals surface area contributed by atoms with Crippen LogP contribution in [0, 0.1) is 0 Å². The highest BCUT2D eigenvalue weighted by Crippen LogP contribution is 2.15. The Bertz CT molecular complexity index is 549. The van der Waals surface area contributed by atoms with Gasteiger partial charge in [0.15, 0.2) is 0 Å². The van der Waals surface area contributed by atoms with Gasteiger partial charge in [0.1, 0.15) is 0 Å². The van der Waals surface area contributed by atoms with E-state index in [4.69, 9.17) is 5.73 Å². The molecular weight excluding hydrogens is 212 g/mol. The number of aryl methyl sites for hydroxylation is 1. The van der Waals surface area contributed by atoms with E-state index in [9.17, 15) is 4.79 Å². The normalized spacial score (nSPS) is 10.6. The molecule has 0 bridgehead atoms. The van der Waals surface area contributed by atoms with E-state index >= 15 is 0 Å². The third kappa shape index (κ3) is 2.61. The van der Waals surface area contributed by atoms with Crippen molar-refractivity contribution in [2.45, 2.75) is 26.2 Å². The predicted octanol–water partition coefficient (Wildman–Crippen LogP) is 2.68. The molecule has 0 saturated heterocycles. The molecule has 0 atom stereocenters. The number of nitrogens with two attached hydrogens (primary N) is 1. The quantitative estimate of drug-likeness (QED) is 0.874. The molecule has 0 spiro atoms. The van der Waals surface area contributed by atoms with Crippen molar-refractivity contribution in [1.82, 2.24) is 4.98 Å². The Hall–Kier alpha value is -1.90. The fourth-order valence-electron chi connectivity index (χ4n) is 1.82. The van der Waals surface area contributed by atoms with E-state index in [1.165, 1.54) is 6.42 Å². The average Bonchev–Trinajstić information content (AvgIpc) is 2.35. The first-order chi connectivity index (χ1) is 8.20. The molecule has 0 aliphatic carbocycles. The predicted molar refractivity (Wildman–Crippen MR) is 68.9 cm³/mol. The molecule has 1 aromatic heterocycles. The number of aromatic nitrogens is 1. The van der Waals surface area contributed by atoms with Crippen molar-refractivity contribution in [3.8, 4) is 0 Å². The summed E-state index contributed by atoms with van der Waals surface area (Å²) in [7, 11) is 0. The molecule has 0 fully saturated rings. The lowest BCUT2D eigenvalue weighted by molar-refractivity contribution is 0.100. The van der Waals surface area contributed by atoms with E-state index in [0.717, 1.165) is 29.4 Å². The Morgan fingerprint density at radius 3 is 2.82 bits per heavy atom. The van der Waals surface area contributed by atoms with Gasteiger partial charge >= 0.3 is 0 Å². The third-order valence-corrected chi connectivity index (χ3v) is 2.82. The number of carbonyl (C=O) groups is 1. The number of rotatable bonds is 4. The zero-order valence-corrected chi connectivity index (χ0v) is 9.94. The topological polar surface area (TPSA) is 56.0 Å². The van der Waals surface area contributed by atoms with Crippen LogP contribution < -0.4 is 5.73 Å². The molecule has 1 aromatic carbocycles. The minimum Gasteiger partial charge on any atom is -0.366 e. The van der Waals surface area contributed by atoms with Gasteiger partial charge in [-0.2, -0.15) is 0 Å². The number of hydrogen-bond acceptors (Lipinski definition) is 2. The van der Waals surface area contributed by atoms with Crippen LogP contribution in [0.3, 0.4) is 0 Å². The molecule has 3 heteroatoms. The van der Waals surface area contributed by atoms with Crippen LogP contribution in [0.5, 0.6) is 0 Å². The number of fused-ring (bicyclic) bond motifs is 1. The molecule has 1 amide bonds. The third-order valence-electron chi connectivity index (χ3n) is 2.82.